The minimum absolute atomic E-state index is 0.00225. The van der Waals surface area contributed by atoms with Crippen molar-refractivity contribution in [3.05, 3.63) is 52.5 Å². The number of aliphatic carboxylic acids is 1. The van der Waals surface area contributed by atoms with Gasteiger partial charge in [0.15, 0.2) is 0 Å². The average Bonchev–Trinajstić information content (AvgIpc) is 3.31. The van der Waals surface area contributed by atoms with Crippen molar-refractivity contribution in [1.82, 2.24) is 0 Å². The SMILES string of the molecule is NC(=O)c1[se]c2ccc(OC(F)(F)F)cc2c1-c1cccc(C2(CC(=O)O)CC2)c1. The molecule has 1 aliphatic carbocycles. The van der Waals surface area contributed by atoms with E-state index in [-0.39, 0.29) is 12.2 Å². The van der Waals surface area contributed by atoms with Gasteiger partial charge in [0.2, 0.25) is 0 Å². The number of ether oxygens (including phenoxy) is 1. The molecule has 3 N–H and O–H groups in total. The quantitative estimate of drug-likeness (QED) is 0.519. The van der Waals surface area contributed by atoms with Crippen LogP contribution in [0.1, 0.15) is 34.1 Å². The maximum absolute atomic E-state index is 12.7. The van der Waals surface area contributed by atoms with Crippen LogP contribution in [0.2, 0.25) is 0 Å². The van der Waals surface area contributed by atoms with Crippen molar-refractivity contribution in [3.63, 3.8) is 0 Å². The Morgan fingerprint density at radius 2 is 1.90 bits per heavy atom. The summed E-state index contributed by atoms with van der Waals surface area (Å²) in [6.07, 6.45) is -3.34. The van der Waals surface area contributed by atoms with E-state index in [1.807, 2.05) is 12.1 Å². The van der Waals surface area contributed by atoms with E-state index in [1.165, 1.54) is 18.2 Å². The van der Waals surface area contributed by atoms with E-state index in [0.717, 1.165) is 22.7 Å². The van der Waals surface area contributed by atoms with Crippen LogP contribution in [-0.4, -0.2) is 37.8 Å². The Bertz CT molecular complexity index is 1160. The predicted octanol–water partition coefficient (Wildman–Crippen LogP) is 4.07. The van der Waals surface area contributed by atoms with Gasteiger partial charge in [-0.15, -0.1) is 0 Å². The summed E-state index contributed by atoms with van der Waals surface area (Å²) in [6, 6.07) is 11.2. The summed E-state index contributed by atoms with van der Waals surface area (Å²) >= 11 is -0.457. The van der Waals surface area contributed by atoms with Crippen LogP contribution >= 0.6 is 0 Å². The summed E-state index contributed by atoms with van der Waals surface area (Å²) in [7, 11) is 0. The number of benzene rings is 2. The third-order valence-corrected chi connectivity index (χ3v) is 7.71. The van der Waals surface area contributed by atoms with Gasteiger partial charge < -0.3 is 0 Å². The number of hydrogen-bond acceptors (Lipinski definition) is 3. The Balaban J connectivity index is 1.86. The number of alkyl halides is 3. The Morgan fingerprint density at radius 1 is 1.17 bits per heavy atom. The van der Waals surface area contributed by atoms with Gasteiger partial charge in [-0.25, -0.2) is 0 Å². The number of carbonyl (C=O) groups excluding carboxylic acids is 1. The molecule has 1 heterocycles. The minimum atomic E-state index is -4.83. The standard InChI is InChI=1S/C21H16F3NO4Se/c22-21(23,24)29-13-4-5-15-14(9-13)17(18(30-15)19(25)28)11-2-1-3-12(8-11)20(6-7-20)10-16(26)27/h1-5,8-9H,6-7,10H2,(H2,25,28)(H,26,27). The van der Waals surface area contributed by atoms with Crippen LogP contribution in [0.15, 0.2) is 42.5 Å². The number of primary amides is 1. The number of amides is 1. The molecule has 1 amide bonds. The molecule has 0 radical (unpaired) electrons. The van der Waals surface area contributed by atoms with Gasteiger partial charge in [0, 0.05) is 0 Å². The first-order chi connectivity index (χ1) is 14.1. The van der Waals surface area contributed by atoms with Gasteiger partial charge in [-0.3, -0.25) is 0 Å². The molecule has 1 aromatic heterocycles. The van der Waals surface area contributed by atoms with Gasteiger partial charge in [0.05, 0.1) is 0 Å². The summed E-state index contributed by atoms with van der Waals surface area (Å²) in [4.78, 5) is 23.4. The average molecular weight is 482 g/mol. The Labute approximate surface area is 175 Å². The first-order valence-corrected chi connectivity index (χ1v) is 10.7. The van der Waals surface area contributed by atoms with Gasteiger partial charge in [-0.05, 0) is 0 Å². The van der Waals surface area contributed by atoms with Crippen molar-refractivity contribution >= 4 is 36.0 Å². The fourth-order valence-corrected chi connectivity index (χ4v) is 5.96. The van der Waals surface area contributed by atoms with Crippen LogP contribution in [0.3, 0.4) is 0 Å². The molecule has 0 atom stereocenters. The number of carboxylic acids is 1. The first-order valence-electron chi connectivity index (χ1n) is 9.03. The number of nitrogens with two attached hydrogens (primary N) is 1. The molecule has 0 aliphatic heterocycles. The Kier molecular flexibility index (Phi) is 4.90. The van der Waals surface area contributed by atoms with Gasteiger partial charge in [-0.2, -0.15) is 0 Å². The molecular formula is C21H16F3NO4Se. The van der Waals surface area contributed by atoms with Gasteiger partial charge in [0.25, 0.3) is 0 Å². The molecule has 0 unspecified atom stereocenters. The summed E-state index contributed by atoms with van der Waals surface area (Å²) in [6.45, 7) is 0. The number of fused-ring (bicyclic) bond motifs is 1. The third kappa shape index (κ3) is 3.95. The van der Waals surface area contributed by atoms with Crippen LogP contribution in [-0.2, 0) is 10.2 Å². The number of hydrogen-bond donors (Lipinski definition) is 2. The number of halogens is 3. The van der Waals surface area contributed by atoms with E-state index in [0.29, 0.717) is 21.0 Å². The topological polar surface area (TPSA) is 89.6 Å². The molecule has 1 fully saturated rings. The molecule has 4 rings (SSSR count). The number of carboxylic acid groups (broad SMARTS) is 1. The number of carbonyl (C=O) groups is 2. The van der Waals surface area contributed by atoms with Gasteiger partial charge >= 0.3 is 175 Å². The van der Waals surface area contributed by atoms with Gasteiger partial charge in [0.1, 0.15) is 0 Å². The van der Waals surface area contributed by atoms with Crippen LogP contribution in [0, 0.1) is 0 Å². The first kappa shape index (κ1) is 20.5. The van der Waals surface area contributed by atoms with Crippen molar-refractivity contribution in [3.8, 4) is 16.9 Å². The van der Waals surface area contributed by atoms with Crippen molar-refractivity contribution in [2.75, 3.05) is 0 Å². The monoisotopic (exact) mass is 483 g/mol. The molecule has 1 aliphatic rings. The fourth-order valence-electron chi connectivity index (χ4n) is 3.75. The van der Waals surface area contributed by atoms with Crippen LogP contribution in [0.4, 0.5) is 13.2 Å². The van der Waals surface area contributed by atoms with Crippen LogP contribution < -0.4 is 10.5 Å². The molecule has 3 aromatic rings. The molecule has 9 heteroatoms. The van der Waals surface area contributed by atoms with Crippen LogP contribution in [0.25, 0.3) is 20.8 Å². The van der Waals surface area contributed by atoms with Crippen molar-refractivity contribution in [2.45, 2.75) is 31.0 Å². The molecule has 0 spiro atoms. The Hall–Kier alpha value is -2.77. The summed E-state index contributed by atoms with van der Waals surface area (Å²) < 4.78 is 43.1. The van der Waals surface area contributed by atoms with Gasteiger partial charge in [-0.1, -0.05) is 0 Å². The summed E-state index contributed by atoms with van der Waals surface area (Å²) in [5, 5.41) is 9.70. The molecule has 2 aromatic carbocycles. The van der Waals surface area contributed by atoms with E-state index >= 15 is 0 Å². The molecule has 0 bridgehead atoms. The predicted molar refractivity (Wildman–Crippen MR) is 105 cm³/mol. The molecular weight excluding hydrogens is 466 g/mol. The second-order valence-corrected chi connectivity index (χ2v) is 9.52. The van der Waals surface area contributed by atoms with Crippen LogP contribution in [0.5, 0.6) is 5.75 Å². The second kappa shape index (κ2) is 7.18. The van der Waals surface area contributed by atoms with E-state index in [4.69, 9.17) is 5.73 Å². The zero-order chi connectivity index (χ0) is 21.7. The van der Waals surface area contributed by atoms with E-state index in [1.54, 1.807) is 12.1 Å². The van der Waals surface area contributed by atoms with E-state index in [2.05, 4.69) is 4.74 Å². The maximum atomic E-state index is 12.7. The van der Waals surface area contributed by atoms with E-state index < -0.39 is 38.2 Å². The summed E-state index contributed by atoms with van der Waals surface area (Å²) in [5.74, 6) is -1.89. The molecule has 30 heavy (non-hydrogen) atoms. The molecule has 1 saturated carbocycles. The second-order valence-electron chi connectivity index (χ2n) is 7.31. The van der Waals surface area contributed by atoms with Crippen molar-refractivity contribution in [1.29, 1.82) is 0 Å². The van der Waals surface area contributed by atoms with Crippen molar-refractivity contribution < 1.29 is 32.6 Å². The van der Waals surface area contributed by atoms with Crippen molar-refractivity contribution in [2.24, 2.45) is 5.73 Å². The molecule has 156 valence electrons. The number of rotatable bonds is 6. The fraction of sp³-hybridized carbons (Fsp3) is 0.238. The molecule has 0 saturated heterocycles. The van der Waals surface area contributed by atoms with E-state index in [9.17, 15) is 27.9 Å². The zero-order valence-electron chi connectivity index (χ0n) is 15.5. The third-order valence-electron chi connectivity index (χ3n) is 5.22. The molecule has 5 nitrogen and oxygen atoms in total. The Morgan fingerprint density at radius 3 is 2.50 bits per heavy atom. The zero-order valence-corrected chi connectivity index (χ0v) is 17.2. The normalized spacial score (nSPS) is 15.2. The summed E-state index contributed by atoms with van der Waals surface area (Å²) in [5.41, 5.74) is 7.08.